The topological polar surface area (TPSA) is 51.2 Å². The second kappa shape index (κ2) is 6.53. The Bertz CT molecular complexity index is 1120. The largest absolute Gasteiger partial charge is 0.493 e. The van der Waals surface area contributed by atoms with Gasteiger partial charge < -0.3 is 24.2 Å². The molecule has 0 radical (unpaired) electrons. The Hall–Kier alpha value is -2.08. The molecular weight excluding hydrogens is 414 g/mol. The number of likely N-dealkylation sites (N-methyl/N-ethyl adjacent to an activating group) is 1. The van der Waals surface area contributed by atoms with Crippen LogP contribution in [0.3, 0.4) is 0 Å². The van der Waals surface area contributed by atoms with Crippen LogP contribution in [0.5, 0.6) is 11.5 Å². The summed E-state index contributed by atoms with van der Waals surface area (Å²) in [6.07, 6.45) is 4.41. The van der Waals surface area contributed by atoms with Crippen molar-refractivity contribution in [2.24, 2.45) is 11.3 Å². The van der Waals surface area contributed by atoms with E-state index in [1.165, 1.54) is 11.1 Å². The molecule has 1 saturated heterocycles. The van der Waals surface area contributed by atoms with E-state index in [-0.39, 0.29) is 22.9 Å². The summed E-state index contributed by atoms with van der Waals surface area (Å²) in [5, 5.41) is 11.8. The summed E-state index contributed by atoms with van der Waals surface area (Å²) in [5.41, 5.74) is 3.23. The first-order valence-electron chi connectivity index (χ1n) is 12.4. The minimum absolute atomic E-state index is 0.0207. The average Bonchev–Trinajstić information content (AvgIpc) is 3.23. The predicted octanol–water partition coefficient (Wildman–Crippen LogP) is 3.87. The minimum Gasteiger partial charge on any atom is -0.493 e. The zero-order valence-corrected chi connectivity index (χ0v) is 19.7. The van der Waals surface area contributed by atoms with Crippen molar-refractivity contribution >= 4 is 0 Å². The zero-order chi connectivity index (χ0) is 22.6. The fourth-order valence-corrected chi connectivity index (χ4v) is 9.14. The van der Waals surface area contributed by atoms with Crippen LogP contribution in [0.15, 0.2) is 42.5 Å². The van der Waals surface area contributed by atoms with E-state index in [9.17, 15) is 5.11 Å². The third-order valence-electron chi connectivity index (χ3n) is 10.4. The number of aliphatic hydroxyl groups is 1. The Morgan fingerprint density at radius 1 is 1.09 bits per heavy atom. The highest BCUT2D eigenvalue weighted by atomic mass is 16.6. The molecule has 174 valence electrons. The van der Waals surface area contributed by atoms with Gasteiger partial charge in [-0.15, -0.1) is 0 Å². The fourth-order valence-electron chi connectivity index (χ4n) is 9.14. The van der Waals surface area contributed by atoms with E-state index in [0.29, 0.717) is 6.04 Å². The van der Waals surface area contributed by atoms with Gasteiger partial charge in [-0.2, -0.15) is 0 Å². The second-order valence-electron chi connectivity index (χ2n) is 11.0. The molecule has 33 heavy (non-hydrogen) atoms. The number of nitrogens with zero attached hydrogens (tertiary/aromatic N) is 1. The van der Waals surface area contributed by atoms with Crippen molar-refractivity contribution in [3.05, 3.63) is 59.2 Å². The lowest BCUT2D eigenvalue weighted by atomic mass is 9.34. The van der Waals surface area contributed by atoms with Crippen molar-refractivity contribution in [2.45, 2.75) is 61.4 Å². The van der Waals surface area contributed by atoms with E-state index < -0.39 is 11.7 Å². The van der Waals surface area contributed by atoms with Gasteiger partial charge in [0.2, 0.25) is 0 Å². The number of methoxy groups -OCH3 is 2. The Morgan fingerprint density at radius 3 is 2.67 bits per heavy atom. The summed E-state index contributed by atoms with van der Waals surface area (Å²) in [6, 6.07) is 14.9. The van der Waals surface area contributed by atoms with Crippen molar-refractivity contribution in [1.82, 2.24) is 4.90 Å². The van der Waals surface area contributed by atoms with Crippen LogP contribution in [-0.2, 0) is 16.6 Å². The van der Waals surface area contributed by atoms with Crippen LogP contribution >= 0.6 is 0 Å². The summed E-state index contributed by atoms with van der Waals surface area (Å²) in [5.74, 6) is 1.74. The summed E-state index contributed by atoms with van der Waals surface area (Å²) in [6.45, 7) is 1.06. The van der Waals surface area contributed by atoms with Crippen molar-refractivity contribution < 1.29 is 19.3 Å². The fraction of sp³-hybridized carbons (Fsp3) is 0.571. The highest BCUT2D eigenvalue weighted by Crippen LogP contribution is 2.77. The first-order chi connectivity index (χ1) is 16.0. The van der Waals surface area contributed by atoms with E-state index in [1.54, 1.807) is 7.11 Å². The number of rotatable bonds is 4. The van der Waals surface area contributed by atoms with E-state index in [1.807, 2.05) is 37.4 Å². The van der Waals surface area contributed by atoms with Crippen LogP contribution in [-0.4, -0.2) is 55.6 Å². The van der Waals surface area contributed by atoms with E-state index >= 15 is 0 Å². The molecule has 4 aliphatic carbocycles. The predicted molar refractivity (Wildman–Crippen MR) is 125 cm³/mol. The average molecular weight is 448 g/mol. The van der Waals surface area contributed by atoms with Crippen molar-refractivity contribution in [2.75, 3.05) is 27.8 Å². The summed E-state index contributed by atoms with van der Waals surface area (Å²) in [7, 11) is 5.86. The Balaban J connectivity index is 1.48. The molecule has 6 aliphatic rings. The van der Waals surface area contributed by atoms with Gasteiger partial charge in [0, 0.05) is 35.5 Å². The maximum Gasteiger partial charge on any atom is 0.165 e. The molecular formula is C28H33NO4. The Labute approximate surface area is 195 Å². The molecule has 2 heterocycles. The van der Waals surface area contributed by atoms with Crippen LogP contribution in [0.4, 0.5) is 0 Å². The molecule has 2 spiro atoms. The van der Waals surface area contributed by atoms with Crippen LogP contribution in [0.1, 0.15) is 48.5 Å². The second-order valence-corrected chi connectivity index (χ2v) is 11.0. The molecule has 2 aromatic rings. The standard InChI is InChI=1S/C28H33NO4/c1-29-14-13-27-22-18-9-10-20(31-2)24(22)33-25(27)28(32-3)12-11-26(27,21(29)15-18)16-19(28)23(30)17-7-5-4-6-8-17/h4-10,19,21,23,25,30H,11-16H2,1-3H3/t19-,21+,23-,25+,26+,27-,28+/m0/s1. The quantitative estimate of drug-likeness (QED) is 0.771. The van der Waals surface area contributed by atoms with Crippen molar-refractivity contribution in [3.8, 4) is 11.5 Å². The molecule has 4 fully saturated rings. The lowest BCUT2D eigenvalue weighted by molar-refractivity contribution is -0.289. The molecule has 3 saturated carbocycles. The third kappa shape index (κ3) is 2.12. The summed E-state index contributed by atoms with van der Waals surface area (Å²) >= 11 is 0. The molecule has 5 nitrogen and oxygen atoms in total. The first-order valence-corrected chi connectivity index (χ1v) is 12.4. The zero-order valence-electron chi connectivity index (χ0n) is 19.7. The van der Waals surface area contributed by atoms with Gasteiger partial charge in [-0.1, -0.05) is 36.4 Å². The third-order valence-corrected chi connectivity index (χ3v) is 10.4. The highest BCUT2D eigenvalue weighted by Gasteiger charge is 2.81. The maximum absolute atomic E-state index is 11.8. The number of likely N-dealkylation sites (tertiary alicyclic amines) is 1. The molecule has 0 aromatic heterocycles. The van der Waals surface area contributed by atoms with Gasteiger partial charge in [0.15, 0.2) is 11.5 Å². The van der Waals surface area contributed by atoms with Crippen LogP contribution in [0.25, 0.3) is 0 Å². The van der Waals surface area contributed by atoms with Crippen LogP contribution < -0.4 is 9.47 Å². The molecule has 1 N–H and O–H groups in total. The number of hydrogen-bond donors (Lipinski definition) is 1. The van der Waals surface area contributed by atoms with Gasteiger partial charge in [0.25, 0.3) is 0 Å². The number of piperidine rings is 1. The monoisotopic (exact) mass is 447 g/mol. The first kappa shape index (κ1) is 20.3. The lowest BCUT2D eigenvalue weighted by Crippen LogP contribution is -2.81. The van der Waals surface area contributed by atoms with Gasteiger partial charge in [-0.3, -0.25) is 0 Å². The maximum atomic E-state index is 11.8. The number of benzene rings is 2. The number of hydrogen-bond acceptors (Lipinski definition) is 5. The van der Waals surface area contributed by atoms with Gasteiger partial charge in [-0.05, 0) is 62.9 Å². The minimum atomic E-state index is -0.581. The summed E-state index contributed by atoms with van der Waals surface area (Å²) < 4.78 is 19.3. The summed E-state index contributed by atoms with van der Waals surface area (Å²) in [4.78, 5) is 2.59. The number of fused-ring (bicyclic) bond motifs is 2. The number of ether oxygens (including phenoxy) is 3. The molecule has 0 unspecified atom stereocenters. The van der Waals surface area contributed by atoms with Crippen LogP contribution in [0, 0.1) is 11.3 Å². The van der Waals surface area contributed by atoms with Gasteiger partial charge in [-0.25, -0.2) is 0 Å². The molecule has 2 aliphatic heterocycles. The van der Waals surface area contributed by atoms with E-state index in [0.717, 1.165) is 55.7 Å². The molecule has 0 amide bonds. The Kier molecular flexibility index (Phi) is 4.02. The van der Waals surface area contributed by atoms with Gasteiger partial charge in [0.1, 0.15) is 11.7 Å². The lowest BCUT2D eigenvalue weighted by Gasteiger charge is -2.74. The van der Waals surface area contributed by atoms with E-state index in [2.05, 4.69) is 24.1 Å². The molecule has 7 atom stereocenters. The smallest absolute Gasteiger partial charge is 0.165 e. The van der Waals surface area contributed by atoms with Crippen molar-refractivity contribution in [3.63, 3.8) is 0 Å². The molecule has 8 rings (SSSR count). The Morgan fingerprint density at radius 2 is 1.91 bits per heavy atom. The highest BCUT2D eigenvalue weighted by molar-refractivity contribution is 5.63. The number of aliphatic hydroxyl groups excluding tert-OH is 1. The molecule has 4 bridgehead atoms. The normalized spacial score (nSPS) is 40.8. The van der Waals surface area contributed by atoms with Gasteiger partial charge >= 0.3 is 0 Å². The molecule has 5 heteroatoms. The van der Waals surface area contributed by atoms with Crippen LogP contribution in [0.2, 0.25) is 0 Å². The van der Waals surface area contributed by atoms with E-state index in [4.69, 9.17) is 14.2 Å². The van der Waals surface area contributed by atoms with Crippen molar-refractivity contribution in [1.29, 1.82) is 0 Å². The SMILES string of the molecule is COc1ccc2c3c1O[C@H]1[C@@]4(OC)CC[C@@]5(C[C@H]4[C@@H](O)c4ccccc4)[C@@H](C2)N(C)CC[C@]315. The van der Waals surface area contributed by atoms with Gasteiger partial charge in [0.05, 0.1) is 13.2 Å². The molecule has 2 aromatic carbocycles.